The van der Waals surface area contributed by atoms with Gasteiger partial charge in [-0.2, -0.15) is 0 Å². The number of esters is 2. The van der Waals surface area contributed by atoms with Gasteiger partial charge in [-0.15, -0.1) is 0 Å². The topological polar surface area (TPSA) is 172 Å². The van der Waals surface area contributed by atoms with E-state index >= 15 is 0 Å². The van der Waals surface area contributed by atoms with E-state index in [2.05, 4.69) is 67.0 Å². The van der Waals surface area contributed by atoms with Gasteiger partial charge >= 0.3 is 25.7 Å². The molecule has 11 nitrogen and oxygen atoms in total. The normalized spacial score (nSPS) is 14.1. The molecule has 0 heterocycles. The summed E-state index contributed by atoms with van der Waals surface area (Å²) in [5, 5.41) is 8.90. The number of aliphatic carboxylic acids is 1. The third kappa shape index (κ3) is 42.1. The summed E-state index contributed by atoms with van der Waals surface area (Å²) in [6.07, 6.45) is 48.8. The first kappa shape index (κ1) is 57.4. The van der Waals surface area contributed by atoms with Crippen LogP contribution < -0.4 is 5.73 Å². The zero-order valence-corrected chi connectivity index (χ0v) is 38.7. The molecular formula is C48H86NO10P. The minimum Gasteiger partial charge on any atom is -0.480 e. The molecule has 0 aliphatic heterocycles. The van der Waals surface area contributed by atoms with Crippen molar-refractivity contribution in [3.05, 3.63) is 48.6 Å². The van der Waals surface area contributed by atoms with Gasteiger partial charge in [-0.05, 0) is 51.4 Å². The number of ether oxygens (including phenoxy) is 2. The SMILES string of the molecule is CC/C=C\C/C=C\C/C=C\C/C=C\CCCCCCCCCCC(=O)OC(COC(=O)CCCCCCCCCCCCCCCCC)COP(=O)(O)OCC(N)C(=O)O. The van der Waals surface area contributed by atoms with Crippen LogP contribution in [0.3, 0.4) is 0 Å². The molecule has 60 heavy (non-hydrogen) atoms. The van der Waals surface area contributed by atoms with Crippen LogP contribution in [0.2, 0.25) is 0 Å². The van der Waals surface area contributed by atoms with Gasteiger partial charge in [0.05, 0.1) is 13.2 Å². The molecule has 0 aliphatic rings. The number of rotatable bonds is 44. The number of allylic oxidation sites excluding steroid dienone is 8. The first-order valence-corrected chi connectivity index (χ1v) is 25.2. The van der Waals surface area contributed by atoms with Gasteiger partial charge in [0, 0.05) is 12.8 Å². The quantitative estimate of drug-likeness (QED) is 0.0230. The number of carboxylic acids is 1. The van der Waals surface area contributed by atoms with Crippen molar-refractivity contribution < 1.29 is 47.5 Å². The van der Waals surface area contributed by atoms with Crippen LogP contribution in [0.25, 0.3) is 0 Å². The van der Waals surface area contributed by atoms with Crippen LogP contribution in [-0.4, -0.2) is 59.9 Å². The predicted octanol–water partition coefficient (Wildman–Crippen LogP) is 13.0. The number of hydrogen-bond donors (Lipinski definition) is 3. The van der Waals surface area contributed by atoms with Crippen LogP contribution in [0, 0.1) is 0 Å². The minimum atomic E-state index is -4.72. The Balaban J connectivity index is 4.30. The van der Waals surface area contributed by atoms with Crippen molar-refractivity contribution in [3.8, 4) is 0 Å². The summed E-state index contributed by atoms with van der Waals surface area (Å²) in [6, 6.07) is -1.52. The minimum absolute atomic E-state index is 0.152. The molecule has 0 rings (SSSR count). The number of carboxylic acid groups (broad SMARTS) is 1. The summed E-state index contributed by atoms with van der Waals surface area (Å²) >= 11 is 0. The lowest BCUT2D eigenvalue weighted by Gasteiger charge is -2.20. The van der Waals surface area contributed by atoms with Crippen molar-refractivity contribution in [1.29, 1.82) is 0 Å². The standard InChI is InChI=1S/C48H86NO10P/c1-3-5-7-9-11-13-15-17-19-20-21-22-23-24-26-28-30-32-34-36-38-40-47(51)59-44(42-57-60(54,55)58-43-45(49)48(52)53)41-56-46(50)39-37-35-33-31-29-27-25-18-16-14-12-10-8-6-4-2/h5,7,11,13,17,19,21-22,44-45H,3-4,6,8-10,12,14-16,18,20,23-43,49H2,1-2H3,(H,52,53)(H,54,55)/b7-5-,13-11-,19-17-,22-21-. The maximum absolute atomic E-state index is 12.7. The van der Waals surface area contributed by atoms with E-state index in [0.29, 0.717) is 12.8 Å². The van der Waals surface area contributed by atoms with Gasteiger partial charge in [0.25, 0.3) is 0 Å². The third-order valence-corrected chi connectivity index (χ3v) is 11.0. The molecule has 0 fully saturated rings. The molecule has 0 saturated carbocycles. The van der Waals surface area contributed by atoms with E-state index in [-0.39, 0.29) is 19.4 Å². The molecule has 0 bridgehead atoms. The van der Waals surface area contributed by atoms with E-state index in [1.807, 2.05) is 0 Å². The highest BCUT2D eigenvalue weighted by Crippen LogP contribution is 2.43. The van der Waals surface area contributed by atoms with Crippen LogP contribution >= 0.6 is 7.82 Å². The molecule has 0 radical (unpaired) electrons. The van der Waals surface area contributed by atoms with Gasteiger partial charge in [0.15, 0.2) is 6.10 Å². The third-order valence-electron chi connectivity index (χ3n) is 10.1. The largest absolute Gasteiger partial charge is 0.480 e. The second-order valence-corrected chi connectivity index (χ2v) is 17.3. The monoisotopic (exact) mass is 868 g/mol. The Hall–Kier alpha value is -2.56. The molecule has 0 aromatic carbocycles. The lowest BCUT2D eigenvalue weighted by atomic mass is 10.0. The Morgan fingerprint density at radius 3 is 1.40 bits per heavy atom. The fourth-order valence-electron chi connectivity index (χ4n) is 6.41. The van der Waals surface area contributed by atoms with Crippen molar-refractivity contribution in [3.63, 3.8) is 0 Å². The van der Waals surface area contributed by atoms with Crippen molar-refractivity contribution in [2.75, 3.05) is 19.8 Å². The summed E-state index contributed by atoms with van der Waals surface area (Å²) in [4.78, 5) is 46.1. The average molecular weight is 868 g/mol. The highest BCUT2D eigenvalue weighted by molar-refractivity contribution is 7.47. The van der Waals surface area contributed by atoms with Crippen molar-refractivity contribution in [1.82, 2.24) is 0 Å². The Bertz CT molecular complexity index is 1200. The first-order valence-electron chi connectivity index (χ1n) is 23.7. The summed E-state index contributed by atoms with van der Waals surface area (Å²) in [5.41, 5.74) is 5.34. The highest BCUT2D eigenvalue weighted by Gasteiger charge is 2.28. The van der Waals surface area contributed by atoms with E-state index in [1.165, 1.54) is 89.9 Å². The Labute approximate surface area is 365 Å². The molecule has 0 spiro atoms. The molecule has 0 aromatic rings. The number of hydrogen-bond acceptors (Lipinski definition) is 9. The number of phosphoric ester groups is 1. The van der Waals surface area contributed by atoms with Crippen LogP contribution in [0.1, 0.15) is 206 Å². The van der Waals surface area contributed by atoms with E-state index < -0.39 is 51.1 Å². The van der Waals surface area contributed by atoms with E-state index in [0.717, 1.165) is 77.0 Å². The lowest BCUT2D eigenvalue weighted by molar-refractivity contribution is -0.161. The summed E-state index contributed by atoms with van der Waals surface area (Å²) < 4.78 is 32.8. The molecule has 12 heteroatoms. The van der Waals surface area contributed by atoms with E-state index in [9.17, 15) is 23.8 Å². The fourth-order valence-corrected chi connectivity index (χ4v) is 7.19. The maximum atomic E-state index is 12.7. The van der Waals surface area contributed by atoms with Crippen LogP contribution in [0.15, 0.2) is 48.6 Å². The van der Waals surface area contributed by atoms with Gasteiger partial charge in [-0.3, -0.25) is 23.4 Å². The molecule has 3 unspecified atom stereocenters. The smallest absolute Gasteiger partial charge is 0.472 e. The Morgan fingerprint density at radius 2 is 0.933 bits per heavy atom. The van der Waals surface area contributed by atoms with Crippen molar-refractivity contribution in [2.24, 2.45) is 5.73 Å². The maximum Gasteiger partial charge on any atom is 0.472 e. The van der Waals surface area contributed by atoms with E-state index in [1.54, 1.807) is 0 Å². The molecule has 0 aromatic heterocycles. The van der Waals surface area contributed by atoms with Gasteiger partial charge in [0.2, 0.25) is 0 Å². The Morgan fingerprint density at radius 1 is 0.533 bits per heavy atom. The lowest BCUT2D eigenvalue weighted by Crippen LogP contribution is -2.34. The average Bonchev–Trinajstić information content (AvgIpc) is 3.22. The predicted molar refractivity (Wildman–Crippen MR) is 245 cm³/mol. The Kier molecular flexibility index (Phi) is 41.3. The zero-order valence-electron chi connectivity index (χ0n) is 37.8. The highest BCUT2D eigenvalue weighted by atomic mass is 31.2. The summed E-state index contributed by atoms with van der Waals surface area (Å²) in [7, 11) is -4.72. The number of unbranched alkanes of at least 4 members (excludes halogenated alkanes) is 22. The molecule has 3 atom stereocenters. The number of nitrogens with two attached hydrogens (primary N) is 1. The van der Waals surface area contributed by atoms with Gasteiger partial charge < -0.3 is 25.2 Å². The van der Waals surface area contributed by atoms with Crippen molar-refractivity contribution in [2.45, 2.75) is 219 Å². The van der Waals surface area contributed by atoms with Crippen molar-refractivity contribution >= 4 is 25.7 Å². The molecule has 348 valence electrons. The molecule has 4 N–H and O–H groups in total. The first-order chi connectivity index (χ1) is 29.1. The van der Waals surface area contributed by atoms with Gasteiger partial charge in [-0.1, -0.05) is 191 Å². The van der Waals surface area contributed by atoms with Crippen LogP contribution in [0.5, 0.6) is 0 Å². The number of phosphoric acid groups is 1. The van der Waals surface area contributed by atoms with Crippen LogP contribution in [-0.2, 0) is 37.5 Å². The van der Waals surface area contributed by atoms with Crippen LogP contribution in [0.4, 0.5) is 0 Å². The van der Waals surface area contributed by atoms with E-state index in [4.69, 9.17) is 24.8 Å². The number of carbonyl (C=O) groups is 3. The molecule has 0 amide bonds. The molecule has 0 aliphatic carbocycles. The second-order valence-electron chi connectivity index (χ2n) is 15.9. The summed E-state index contributed by atoms with van der Waals surface area (Å²) in [5.74, 6) is -2.38. The second kappa shape index (κ2) is 43.1. The zero-order chi connectivity index (χ0) is 44.2. The van der Waals surface area contributed by atoms with Gasteiger partial charge in [-0.25, -0.2) is 4.57 Å². The number of carbonyl (C=O) groups excluding carboxylic acids is 2. The van der Waals surface area contributed by atoms with Gasteiger partial charge in [0.1, 0.15) is 12.6 Å². The molecule has 0 saturated heterocycles. The fraction of sp³-hybridized carbons (Fsp3) is 0.771. The summed E-state index contributed by atoms with van der Waals surface area (Å²) in [6.45, 7) is 2.70. The molecular weight excluding hydrogens is 781 g/mol.